The Kier molecular flexibility index (Phi) is 4.60. The summed E-state index contributed by atoms with van der Waals surface area (Å²) in [5.74, 6) is -1.40. The van der Waals surface area contributed by atoms with Crippen LogP contribution in [0, 0.1) is 12.7 Å². The summed E-state index contributed by atoms with van der Waals surface area (Å²) in [5, 5.41) is 28.2. The lowest BCUT2D eigenvalue weighted by atomic mass is 10.1. The van der Waals surface area contributed by atoms with Gasteiger partial charge in [-0.1, -0.05) is 5.21 Å². The van der Waals surface area contributed by atoms with Gasteiger partial charge in [0.15, 0.2) is 0 Å². The van der Waals surface area contributed by atoms with E-state index in [0.29, 0.717) is 27.7 Å². The number of aliphatic hydroxyl groups is 1. The number of thiazole rings is 1. The number of hydrogen-bond acceptors (Lipinski definition) is 6. The molecule has 0 radical (unpaired) electrons. The van der Waals surface area contributed by atoms with E-state index in [1.165, 1.54) is 16.8 Å². The summed E-state index contributed by atoms with van der Waals surface area (Å²) >= 11 is 1.03. The average Bonchev–Trinajstić information content (AvgIpc) is 3.11. The third kappa shape index (κ3) is 3.42. The molecule has 1 unspecified atom stereocenters. The number of hydrogen-bond donors (Lipinski definition) is 2. The van der Waals surface area contributed by atoms with Gasteiger partial charge in [0.25, 0.3) is 0 Å². The number of carbonyl (C=O) groups is 1. The fourth-order valence-corrected chi connectivity index (χ4v) is 3.49. The second-order valence-electron chi connectivity index (χ2n) is 5.50. The van der Waals surface area contributed by atoms with Gasteiger partial charge in [0.2, 0.25) is 0 Å². The molecular weight excluding hydrogens is 347 g/mol. The fourth-order valence-electron chi connectivity index (χ4n) is 2.55. The molecular formula is C16H15FN4O3S. The largest absolute Gasteiger partial charge is 0.477 e. The van der Waals surface area contributed by atoms with Crippen molar-refractivity contribution < 1.29 is 19.4 Å². The third-order valence-electron chi connectivity index (χ3n) is 3.71. The van der Waals surface area contributed by atoms with Crippen LogP contribution in [-0.2, 0) is 13.5 Å². The molecule has 2 N–H and O–H groups in total. The Morgan fingerprint density at radius 2 is 2.04 bits per heavy atom. The van der Waals surface area contributed by atoms with Gasteiger partial charge in [-0.05, 0) is 31.2 Å². The van der Waals surface area contributed by atoms with Crippen LogP contribution >= 0.6 is 11.3 Å². The summed E-state index contributed by atoms with van der Waals surface area (Å²) in [7, 11) is 1.65. The zero-order valence-corrected chi connectivity index (χ0v) is 14.3. The molecule has 0 bridgehead atoms. The Hall–Kier alpha value is -2.65. The number of nitrogens with zero attached hydrogens (tertiary/aromatic N) is 4. The van der Waals surface area contributed by atoms with Crippen LogP contribution in [0.3, 0.4) is 0 Å². The quantitative estimate of drug-likeness (QED) is 0.723. The lowest BCUT2D eigenvalue weighted by Gasteiger charge is -2.11. The first kappa shape index (κ1) is 17.2. The van der Waals surface area contributed by atoms with Crippen LogP contribution in [0.4, 0.5) is 4.39 Å². The molecule has 3 aromatic rings. The summed E-state index contributed by atoms with van der Waals surface area (Å²) < 4.78 is 14.6. The van der Waals surface area contributed by atoms with Crippen molar-refractivity contribution >= 4 is 17.3 Å². The predicted octanol–water partition coefficient (Wildman–Crippen LogP) is 2.36. The van der Waals surface area contributed by atoms with Crippen molar-refractivity contribution in [2.75, 3.05) is 0 Å². The Balaban J connectivity index is 1.91. The van der Waals surface area contributed by atoms with Crippen molar-refractivity contribution in [3.63, 3.8) is 0 Å². The van der Waals surface area contributed by atoms with E-state index in [9.17, 15) is 14.3 Å². The average molecular weight is 362 g/mol. The van der Waals surface area contributed by atoms with E-state index in [0.717, 1.165) is 11.3 Å². The number of aromatic nitrogens is 4. The molecule has 1 aromatic carbocycles. The van der Waals surface area contributed by atoms with Gasteiger partial charge >= 0.3 is 5.97 Å². The zero-order valence-electron chi connectivity index (χ0n) is 13.5. The van der Waals surface area contributed by atoms with E-state index in [4.69, 9.17) is 5.11 Å². The van der Waals surface area contributed by atoms with Crippen molar-refractivity contribution in [3.05, 3.63) is 51.4 Å². The molecule has 0 spiro atoms. The van der Waals surface area contributed by atoms with Crippen LogP contribution in [0.25, 0.3) is 11.3 Å². The molecule has 2 heterocycles. The van der Waals surface area contributed by atoms with E-state index in [1.54, 1.807) is 26.1 Å². The van der Waals surface area contributed by atoms with Gasteiger partial charge < -0.3 is 10.2 Å². The fraction of sp³-hybridized carbons (Fsp3) is 0.250. The SMILES string of the molecule is Cc1nc(CC(O)c2c(-c3ccc(F)cc3)nnn2C)sc1C(=O)O. The molecule has 0 aliphatic rings. The van der Waals surface area contributed by atoms with Gasteiger partial charge in [-0.25, -0.2) is 18.9 Å². The van der Waals surface area contributed by atoms with Crippen LogP contribution in [0.1, 0.15) is 32.2 Å². The highest BCUT2D eigenvalue weighted by Gasteiger charge is 2.23. The Labute approximate surface area is 146 Å². The lowest BCUT2D eigenvalue weighted by molar-refractivity contribution is 0.0701. The number of carboxylic acids is 1. The number of aryl methyl sites for hydroxylation is 2. The summed E-state index contributed by atoms with van der Waals surface area (Å²) in [6, 6.07) is 5.74. The normalized spacial score (nSPS) is 12.3. The van der Waals surface area contributed by atoms with Crippen molar-refractivity contribution in [1.29, 1.82) is 0 Å². The molecule has 2 aromatic heterocycles. The maximum Gasteiger partial charge on any atom is 0.347 e. The molecule has 130 valence electrons. The van der Waals surface area contributed by atoms with Gasteiger partial charge in [0, 0.05) is 19.0 Å². The molecule has 7 nitrogen and oxygen atoms in total. The highest BCUT2D eigenvalue weighted by Crippen LogP contribution is 2.29. The number of halogens is 1. The topological polar surface area (TPSA) is 101 Å². The number of benzene rings is 1. The van der Waals surface area contributed by atoms with Crippen LogP contribution < -0.4 is 0 Å². The third-order valence-corrected chi connectivity index (χ3v) is 4.87. The zero-order chi connectivity index (χ0) is 18.1. The highest BCUT2D eigenvalue weighted by molar-refractivity contribution is 7.13. The van der Waals surface area contributed by atoms with E-state index in [1.807, 2.05) is 0 Å². The Morgan fingerprint density at radius 1 is 1.36 bits per heavy atom. The molecule has 0 amide bonds. The Bertz CT molecular complexity index is 920. The van der Waals surface area contributed by atoms with Crippen molar-refractivity contribution in [1.82, 2.24) is 20.0 Å². The van der Waals surface area contributed by atoms with E-state index in [2.05, 4.69) is 15.3 Å². The Morgan fingerprint density at radius 3 is 2.64 bits per heavy atom. The number of carboxylic acid groups (broad SMARTS) is 1. The van der Waals surface area contributed by atoms with E-state index >= 15 is 0 Å². The lowest BCUT2D eigenvalue weighted by Crippen LogP contribution is -2.09. The van der Waals surface area contributed by atoms with Gasteiger partial charge in [-0.15, -0.1) is 16.4 Å². The summed E-state index contributed by atoms with van der Waals surface area (Å²) in [5.41, 5.74) is 1.95. The standard InChI is InChI=1S/C16H15FN4O3S/c1-8-15(16(23)24)25-12(18-8)7-11(22)14-13(19-20-21(14)2)9-3-5-10(17)6-4-9/h3-6,11,22H,7H2,1-2H3,(H,23,24). The van der Waals surface area contributed by atoms with Gasteiger partial charge in [0.1, 0.15) is 22.5 Å². The van der Waals surface area contributed by atoms with Crippen molar-refractivity contribution in [2.45, 2.75) is 19.4 Å². The van der Waals surface area contributed by atoms with E-state index < -0.39 is 12.1 Å². The van der Waals surface area contributed by atoms with Gasteiger partial charge in [-0.2, -0.15) is 0 Å². The molecule has 0 saturated heterocycles. The maximum atomic E-state index is 13.1. The van der Waals surface area contributed by atoms with Crippen LogP contribution in [0.15, 0.2) is 24.3 Å². The summed E-state index contributed by atoms with van der Waals surface area (Å²) in [6.07, 6.45) is -0.846. The van der Waals surface area contributed by atoms with Crippen LogP contribution in [-0.4, -0.2) is 36.2 Å². The first-order chi connectivity index (χ1) is 11.9. The molecule has 1 atom stereocenters. The summed E-state index contributed by atoms with van der Waals surface area (Å²) in [4.78, 5) is 15.5. The maximum absolute atomic E-state index is 13.1. The molecule has 0 fully saturated rings. The second-order valence-corrected chi connectivity index (χ2v) is 6.58. The van der Waals surface area contributed by atoms with Crippen molar-refractivity contribution in [3.8, 4) is 11.3 Å². The molecule has 0 saturated carbocycles. The second kappa shape index (κ2) is 6.69. The molecule has 0 aliphatic carbocycles. The highest BCUT2D eigenvalue weighted by atomic mass is 32.1. The van der Waals surface area contributed by atoms with Crippen LogP contribution in [0.2, 0.25) is 0 Å². The first-order valence-electron chi connectivity index (χ1n) is 7.40. The van der Waals surface area contributed by atoms with Gasteiger partial charge in [0.05, 0.1) is 16.4 Å². The van der Waals surface area contributed by atoms with Gasteiger partial charge in [-0.3, -0.25) is 0 Å². The van der Waals surface area contributed by atoms with Crippen molar-refractivity contribution in [2.24, 2.45) is 7.05 Å². The monoisotopic (exact) mass is 362 g/mol. The smallest absolute Gasteiger partial charge is 0.347 e. The van der Waals surface area contributed by atoms with Crippen LogP contribution in [0.5, 0.6) is 0 Å². The molecule has 0 aliphatic heterocycles. The van der Waals surface area contributed by atoms with E-state index in [-0.39, 0.29) is 17.1 Å². The minimum Gasteiger partial charge on any atom is -0.477 e. The summed E-state index contributed by atoms with van der Waals surface area (Å²) in [6.45, 7) is 1.62. The number of aliphatic hydroxyl groups excluding tert-OH is 1. The first-order valence-corrected chi connectivity index (χ1v) is 8.21. The predicted molar refractivity (Wildman–Crippen MR) is 88.9 cm³/mol. The number of aromatic carboxylic acids is 1. The minimum atomic E-state index is -1.04. The minimum absolute atomic E-state index is 0.133. The molecule has 3 rings (SSSR count). The number of rotatable bonds is 5. The molecule has 9 heteroatoms. The molecule has 25 heavy (non-hydrogen) atoms.